The normalized spacial score (nSPS) is 11.0. The number of nitrogens with zero attached hydrogens (tertiary/aromatic N) is 7. The number of aromatic nitrogens is 5. The van der Waals surface area contributed by atoms with Crippen molar-refractivity contribution in [2.45, 2.75) is 6.61 Å². The number of hydrogen-bond donors (Lipinski definition) is 2. The number of anilines is 1. The molecule has 0 radical (unpaired) electrons. The second-order valence-electron chi connectivity index (χ2n) is 5.25. The van der Waals surface area contributed by atoms with Gasteiger partial charge in [-0.3, -0.25) is 14.9 Å². The highest BCUT2D eigenvalue weighted by atomic mass is 16.6. The minimum Gasteiger partial charge on any atom is -0.378 e. The third-order valence-corrected chi connectivity index (χ3v) is 3.42. The highest BCUT2D eigenvalue weighted by Gasteiger charge is 2.23. The van der Waals surface area contributed by atoms with Crippen LogP contribution in [0.3, 0.4) is 0 Å². The van der Waals surface area contributed by atoms with Crippen LogP contribution >= 0.6 is 0 Å². The van der Waals surface area contributed by atoms with Gasteiger partial charge in [-0.2, -0.15) is 9.78 Å². The molecular weight excluding hydrogens is 374 g/mol. The maximum atomic E-state index is 12.4. The number of non-ortho nitro benzene ring substituents is 1. The molecule has 3 aromatic rings. The van der Waals surface area contributed by atoms with Crippen molar-refractivity contribution in [2.75, 3.05) is 12.8 Å². The van der Waals surface area contributed by atoms with Gasteiger partial charge in [-0.1, -0.05) is 17.3 Å². The van der Waals surface area contributed by atoms with Crippen LogP contribution in [0.4, 0.5) is 11.5 Å². The lowest BCUT2D eigenvalue weighted by Gasteiger charge is -2.03. The van der Waals surface area contributed by atoms with E-state index in [0.29, 0.717) is 5.56 Å². The molecule has 28 heavy (non-hydrogen) atoms. The molecule has 2 aromatic heterocycles. The molecule has 0 bridgehead atoms. The highest BCUT2D eigenvalue weighted by molar-refractivity contribution is 5.94. The van der Waals surface area contributed by atoms with Crippen molar-refractivity contribution in [1.82, 2.24) is 30.7 Å². The number of nitro benzene ring substituents is 1. The van der Waals surface area contributed by atoms with Crippen LogP contribution in [0, 0.1) is 10.1 Å². The molecule has 1 amide bonds. The van der Waals surface area contributed by atoms with Gasteiger partial charge in [0.2, 0.25) is 11.6 Å². The summed E-state index contributed by atoms with van der Waals surface area (Å²) in [6.07, 6.45) is 1.25. The fourth-order valence-corrected chi connectivity index (χ4v) is 2.19. The maximum absolute atomic E-state index is 12.4. The van der Waals surface area contributed by atoms with Crippen molar-refractivity contribution in [1.29, 1.82) is 0 Å². The molecule has 0 aliphatic rings. The number of ether oxygens (including phenoxy) is 1. The molecule has 3 rings (SSSR count). The number of nitrogen functional groups attached to an aromatic ring is 1. The highest BCUT2D eigenvalue weighted by Crippen LogP contribution is 2.16. The summed E-state index contributed by atoms with van der Waals surface area (Å²) >= 11 is 0. The van der Waals surface area contributed by atoms with Crippen molar-refractivity contribution in [2.24, 2.45) is 5.10 Å². The number of methoxy groups -OCH3 is 1. The van der Waals surface area contributed by atoms with Crippen molar-refractivity contribution in [3.05, 3.63) is 51.3 Å². The van der Waals surface area contributed by atoms with Crippen LogP contribution in [0.25, 0.3) is 5.82 Å². The van der Waals surface area contributed by atoms with E-state index in [4.69, 9.17) is 10.5 Å². The van der Waals surface area contributed by atoms with Gasteiger partial charge in [-0.25, -0.2) is 10.1 Å². The Morgan fingerprint density at radius 1 is 1.50 bits per heavy atom. The van der Waals surface area contributed by atoms with Gasteiger partial charge in [0, 0.05) is 24.8 Å². The SMILES string of the molecule is COCc1c(C(=O)NN=Cc2cccc([N+](=O)[O-])c2)nnn1-c1nonc1N. The number of nitrogens with one attached hydrogen (secondary N) is 1. The largest absolute Gasteiger partial charge is 0.378 e. The number of hydrogen-bond acceptors (Lipinski definition) is 11. The first-order chi connectivity index (χ1) is 13.5. The van der Waals surface area contributed by atoms with Crippen molar-refractivity contribution < 1.29 is 19.1 Å². The zero-order valence-electron chi connectivity index (χ0n) is 14.3. The number of rotatable bonds is 7. The Bertz CT molecular complexity index is 1040. The van der Waals surface area contributed by atoms with E-state index in [2.05, 4.69) is 35.8 Å². The summed E-state index contributed by atoms with van der Waals surface area (Å²) in [5.41, 5.74) is 8.39. The number of amides is 1. The van der Waals surface area contributed by atoms with Crippen LogP contribution in [-0.4, -0.2) is 49.5 Å². The third-order valence-electron chi connectivity index (χ3n) is 3.42. The average Bonchev–Trinajstić information content (AvgIpc) is 3.28. The fraction of sp³-hybridized carbons (Fsp3) is 0.143. The summed E-state index contributed by atoms with van der Waals surface area (Å²) in [5, 5.41) is 29.2. The molecule has 0 atom stereocenters. The molecule has 0 unspecified atom stereocenters. The molecule has 14 nitrogen and oxygen atoms in total. The predicted octanol–water partition coefficient (Wildman–Crippen LogP) is 0.0510. The van der Waals surface area contributed by atoms with Gasteiger partial charge in [0.25, 0.3) is 11.6 Å². The molecule has 0 saturated carbocycles. The summed E-state index contributed by atoms with van der Waals surface area (Å²) in [5.74, 6) is -0.674. The zero-order valence-corrected chi connectivity index (χ0v) is 14.3. The Morgan fingerprint density at radius 3 is 3.00 bits per heavy atom. The quantitative estimate of drug-likeness (QED) is 0.318. The van der Waals surface area contributed by atoms with Gasteiger partial charge < -0.3 is 10.5 Å². The number of hydrazone groups is 1. The number of benzene rings is 1. The predicted molar refractivity (Wildman–Crippen MR) is 92.5 cm³/mol. The first kappa shape index (κ1) is 18.6. The van der Waals surface area contributed by atoms with Crippen LogP contribution in [0.2, 0.25) is 0 Å². The molecule has 0 saturated heterocycles. The lowest BCUT2D eigenvalue weighted by Crippen LogP contribution is -2.20. The number of nitrogens with two attached hydrogens (primary N) is 1. The van der Waals surface area contributed by atoms with Crippen LogP contribution in [0.1, 0.15) is 21.7 Å². The van der Waals surface area contributed by atoms with E-state index in [1.807, 2.05) is 0 Å². The van der Waals surface area contributed by atoms with Crippen LogP contribution in [-0.2, 0) is 11.3 Å². The van der Waals surface area contributed by atoms with Crippen LogP contribution in [0.5, 0.6) is 0 Å². The van der Waals surface area contributed by atoms with Crippen LogP contribution < -0.4 is 11.2 Å². The molecule has 0 aliphatic heterocycles. The molecule has 1 aromatic carbocycles. The van der Waals surface area contributed by atoms with Gasteiger partial charge in [0.15, 0.2) is 5.69 Å². The summed E-state index contributed by atoms with van der Waals surface area (Å²) in [4.78, 5) is 22.6. The van der Waals surface area contributed by atoms with Crippen LogP contribution in [0.15, 0.2) is 34.0 Å². The van der Waals surface area contributed by atoms with Gasteiger partial charge in [0.05, 0.1) is 17.7 Å². The monoisotopic (exact) mass is 387 g/mol. The molecule has 0 spiro atoms. The lowest BCUT2D eigenvalue weighted by molar-refractivity contribution is -0.384. The first-order valence-electron chi connectivity index (χ1n) is 7.61. The first-order valence-corrected chi connectivity index (χ1v) is 7.61. The average molecular weight is 387 g/mol. The summed E-state index contributed by atoms with van der Waals surface area (Å²) in [7, 11) is 1.42. The zero-order chi connectivity index (χ0) is 20.1. The Balaban J connectivity index is 1.79. The third kappa shape index (κ3) is 3.80. The van der Waals surface area contributed by atoms with E-state index in [1.165, 1.54) is 31.5 Å². The number of carbonyl (C=O) groups is 1. The lowest BCUT2D eigenvalue weighted by atomic mass is 10.2. The Labute approximate surface area is 156 Å². The van der Waals surface area contributed by atoms with E-state index >= 15 is 0 Å². The van der Waals surface area contributed by atoms with E-state index in [1.54, 1.807) is 6.07 Å². The fourth-order valence-electron chi connectivity index (χ4n) is 2.19. The van der Waals surface area contributed by atoms with Crippen molar-refractivity contribution in [3.8, 4) is 5.82 Å². The smallest absolute Gasteiger partial charge is 0.293 e. The number of carbonyl (C=O) groups excluding carboxylic acids is 1. The summed E-state index contributed by atoms with van der Waals surface area (Å²) in [6, 6.07) is 5.74. The molecule has 14 heteroatoms. The molecular formula is C14H13N9O5. The maximum Gasteiger partial charge on any atom is 0.293 e. The Hall–Kier alpha value is -4.20. The summed E-state index contributed by atoms with van der Waals surface area (Å²) < 4.78 is 10.7. The second kappa shape index (κ2) is 8.00. The molecule has 2 heterocycles. The van der Waals surface area contributed by atoms with Gasteiger partial charge in [0.1, 0.15) is 5.69 Å². The van der Waals surface area contributed by atoms with Gasteiger partial charge in [-0.05, 0) is 10.3 Å². The molecule has 0 aliphatic carbocycles. The van der Waals surface area contributed by atoms with E-state index in [-0.39, 0.29) is 35.3 Å². The molecule has 3 N–H and O–H groups in total. The second-order valence-corrected chi connectivity index (χ2v) is 5.25. The van der Waals surface area contributed by atoms with E-state index in [0.717, 1.165) is 4.68 Å². The minimum atomic E-state index is -0.685. The van der Waals surface area contributed by atoms with Gasteiger partial charge in [-0.15, -0.1) is 5.10 Å². The topological polar surface area (TPSA) is 189 Å². The minimum absolute atomic E-state index is 0.0311. The van der Waals surface area contributed by atoms with Crippen molar-refractivity contribution >= 4 is 23.6 Å². The van der Waals surface area contributed by atoms with E-state index < -0.39 is 10.8 Å². The Morgan fingerprint density at radius 2 is 2.32 bits per heavy atom. The Kier molecular flexibility index (Phi) is 5.31. The summed E-state index contributed by atoms with van der Waals surface area (Å²) in [6.45, 7) is -0.0311. The molecule has 0 fully saturated rings. The van der Waals surface area contributed by atoms with E-state index in [9.17, 15) is 14.9 Å². The standard InChI is InChI=1S/C14H13N9O5/c1-27-7-10-11(17-21-22(10)13-12(15)19-28-20-13)14(24)18-16-6-8-3-2-4-9(5-8)23(25)26/h2-6H,7H2,1H3,(H2,15,19)(H,18,24). The van der Waals surface area contributed by atoms with Gasteiger partial charge >= 0.3 is 0 Å². The molecule has 144 valence electrons. The number of nitro groups is 1. The van der Waals surface area contributed by atoms with Crippen molar-refractivity contribution in [3.63, 3.8) is 0 Å².